The van der Waals surface area contributed by atoms with Crippen LogP contribution >= 0.6 is 0 Å². The van der Waals surface area contributed by atoms with E-state index in [1.54, 1.807) is 0 Å². The summed E-state index contributed by atoms with van der Waals surface area (Å²) in [5.74, 6) is 0.733. The molecule has 0 spiro atoms. The van der Waals surface area contributed by atoms with Crippen molar-refractivity contribution in [3.8, 4) is 0 Å². The molecule has 25 heavy (non-hydrogen) atoms. The quantitative estimate of drug-likeness (QED) is 0.652. The second-order valence-corrected chi connectivity index (χ2v) is 5.92. The Morgan fingerprint density at radius 2 is 1.76 bits per heavy atom. The van der Waals surface area contributed by atoms with Gasteiger partial charge in [-0.1, -0.05) is 30.3 Å². The number of rotatable bonds is 6. The monoisotopic (exact) mass is 332 g/mol. The van der Waals surface area contributed by atoms with E-state index in [2.05, 4.69) is 48.3 Å². The fraction of sp³-hybridized carbons (Fsp3) is 0.238. The molecule has 0 aliphatic carbocycles. The van der Waals surface area contributed by atoms with E-state index in [0.29, 0.717) is 5.71 Å². The van der Waals surface area contributed by atoms with Gasteiger partial charge >= 0.3 is 0 Å². The number of nitrogens with one attached hydrogen (secondary N) is 2. The lowest BCUT2D eigenvalue weighted by atomic mass is 10.0. The molecule has 0 unspecified atom stereocenters. The smallest absolute Gasteiger partial charge is 0.135 e. The van der Waals surface area contributed by atoms with Crippen molar-refractivity contribution in [3.63, 3.8) is 0 Å². The molecule has 4 heteroatoms. The van der Waals surface area contributed by atoms with Gasteiger partial charge in [0.25, 0.3) is 0 Å². The first-order valence-electron chi connectivity index (χ1n) is 8.69. The van der Waals surface area contributed by atoms with Crippen LogP contribution in [0.25, 0.3) is 10.9 Å². The minimum absolute atomic E-state index is 0.479. The molecule has 0 aliphatic heterocycles. The molecule has 4 nitrogen and oxygen atoms in total. The number of fused-ring (bicyclic) bond motifs is 1. The molecule has 0 amide bonds. The topological polar surface area (TPSA) is 52.0 Å². The Morgan fingerprint density at radius 1 is 1.04 bits per heavy atom. The summed E-state index contributed by atoms with van der Waals surface area (Å²) < 4.78 is 0. The first kappa shape index (κ1) is 17.0. The van der Waals surface area contributed by atoms with Gasteiger partial charge in [0.05, 0.1) is 11.2 Å². The van der Waals surface area contributed by atoms with Crippen LogP contribution in [0.3, 0.4) is 0 Å². The van der Waals surface area contributed by atoms with Crippen LogP contribution in [0.4, 0.5) is 11.5 Å². The first-order chi connectivity index (χ1) is 12.2. The molecule has 0 aliphatic rings. The molecule has 128 valence electrons. The van der Waals surface area contributed by atoms with E-state index in [1.807, 2.05) is 37.4 Å². The van der Waals surface area contributed by atoms with Crippen molar-refractivity contribution in [1.29, 1.82) is 5.41 Å². The lowest BCUT2D eigenvalue weighted by Gasteiger charge is -2.21. The molecule has 0 saturated heterocycles. The Bertz CT molecular complexity index is 883. The Morgan fingerprint density at radius 3 is 2.40 bits per heavy atom. The van der Waals surface area contributed by atoms with Gasteiger partial charge in [0.1, 0.15) is 5.82 Å². The highest BCUT2D eigenvalue weighted by Crippen LogP contribution is 2.26. The average molecular weight is 332 g/mol. The Hall–Kier alpha value is -2.88. The zero-order valence-electron chi connectivity index (χ0n) is 15.0. The van der Waals surface area contributed by atoms with Gasteiger partial charge in [-0.25, -0.2) is 4.98 Å². The van der Waals surface area contributed by atoms with Crippen molar-refractivity contribution in [2.75, 3.05) is 30.4 Å². The summed E-state index contributed by atoms with van der Waals surface area (Å²) in [5.41, 5.74) is 4.31. The van der Waals surface area contributed by atoms with E-state index in [0.717, 1.165) is 40.9 Å². The van der Waals surface area contributed by atoms with Crippen molar-refractivity contribution in [3.05, 3.63) is 65.7 Å². The molecule has 3 aromatic rings. The van der Waals surface area contributed by atoms with Crippen LogP contribution in [0.15, 0.2) is 54.6 Å². The molecule has 0 fully saturated rings. The van der Waals surface area contributed by atoms with Crippen LogP contribution in [0, 0.1) is 5.41 Å². The fourth-order valence-electron chi connectivity index (χ4n) is 3.09. The average Bonchev–Trinajstić information content (AvgIpc) is 2.68. The molecule has 0 atom stereocenters. The van der Waals surface area contributed by atoms with Gasteiger partial charge in [-0.2, -0.15) is 0 Å². The fourth-order valence-corrected chi connectivity index (χ4v) is 3.09. The number of benzene rings is 2. The van der Waals surface area contributed by atoms with Crippen molar-refractivity contribution < 1.29 is 0 Å². The van der Waals surface area contributed by atoms with E-state index >= 15 is 0 Å². The van der Waals surface area contributed by atoms with Crippen LogP contribution < -0.4 is 10.2 Å². The predicted molar refractivity (Wildman–Crippen MR) is 107 cm³/mol. The van der Waals surface area contributed by atoms with Crippen molar-refractivity contribution in [2.45, 2.75) is 13.8 Å². The minimum Gasteiger partial charge on any atom is -0.373 e. The SMILES string of the molecule is CCN(CC)c1ccc2nc(NC)c(C(=N)c3ccccc3)cc2c1. The number of hydrogen-bond acceptors (Lipinski definition) is 4. The van der Waals surface area contributed by atoms with Gasteiger partial charge < -0.3 is 10.2 Å². The summed E-state index contributed by atoms with van der Waals surface area (Å²) in [6.07, 6.45) is 0. The number of nitrogens with zero attached hydrogens (tertiary/aromatic N) is 2. The molecule has 3 rings (SSSR count). The summed E-state index contributed by atoms with van der Waals surface area (Å²) in [6, 6.07) is 18.2. The lowest BCUT2D eigenvalue weighted by Crippen LogP contribution is -2.21. The molecular formula is C21H24N4. The molecule has 0 saturated carbocycles. The maximum Gasteiger partial charge on any atom is 0.135 e. The third-order valence-corrected chi connectivity index (χ3v) is 4.50. The molecule has 2 aromatic carbocycles. The number of pyridine rings is 1. The molecule has 1 heterocycles. The predicted octanol–water partition coefficient (Wildman–Crippen LogP) is 4.54. The summed E-state index contributed by atoms with van der Waals surface area (Å²) >= 11 is 0. The largest absolute Gasteiger partial charge is 0.373 e. The van der Waals surface area contributed by atoms with Gasteiger partial charge in [0.15, 0.2) is 0 Å². The summed E-state index contributed by atoms with van der Waals surface area (Å²) in [6.45, 7) is 6.26. The Kier molecular flexibility index (Phi) is 4.98. The highest BCUT2D eigenvalue weighted by molar-refractivity contribution is 6.15. The van der Waals surface area contributed by atoms with Crippen LogP contribution in [0.2, 0.25) is 0 Å². The highest BCUT2D eigenvalue weighted by atomic mass is 15.1. The maximum absolute atomic E-state index is 8.61. The van der Waals surface area contributed by atoms with Gasteiger partial charge in [-0.15, -0.1) is 0 Å². The first-order valence-corrected chi connectivity index (χ1v) is 8.69. The zero-order valence-corrected chi connectivity index (χ0v) is 15.0. The van der Waals surface area contributed by atoms with Gasteiger partial charge in [0, 0.05) is 42.3 Å². The summed E-state index contributed by atoms with van der Waals surface area (Å²) in [4.78, 5) is 7.03. The molecular weight excluding hydrogens is 308 g/mol. The summed E-state index contributed by atoms with van der Waals surface area (Å²) in [5, 5.41) is 12.8. The van der Waals surface area contributed by atoms with Gasteiger partial charge in [-0.05, 0) is 38.1 Å². The molecule has 0 bridgehead atoms. The third-order valence-electron chi connectivity index (χ3n) is 4.50. The van der Waals surface area contributed by atoms with E-state index in [1.165, 1.54) is 5.69 Å². The van der Waals surface area contributed by atoms with Gasteiger partial charge in [0.2, 0.25) is 0 Å². The van der Waals surface area contributed by atoms with Crippen LogP contribution in [-0.2, 0) is 0 Å². The van der Waals surface area contributed by atoms with Crippen LogP contribution in [-0.4, -0.2) is 30.8 Å². The van der Waals surface area contributed by atoms with Crippen molar-refractivity contribution in [1.82, 2.24) is 4.98 Å². The summed E-state index contributed by atoms with van der Waals surface area (Å²) in [7, 11) is 1.85. The van der Waals surface area contributed by atoms with Crippen LogP contribution in [0.1, 0.15) is 25.0 Å². The Balaban J connectivity index is 2.12. The van der Waals surface area contributed by atoms with E-state index in [9.17, 15) is 0 Å². The third kappa shape index (κ3) is 3.33. The second-order valence-electron chi connectivity index (χ2n) is 5.92. The molecule has 1 aromatic heterocycles. The number of hydrogen-bond donors (Lipinski definition) is 2. The standard InChI is InChI=1S/C21H24N4/c1-4-25(5-2)17-11-12-19-16(13-17)14-18(21(23-3)24-19)20(22)15-9-7-6-8-10-15/h6-14,22H,4-5H2,1-3H3,(H,23,24). The van der Waals surface area contributed by atoms with Crippen molar-refractivity contribution >= 4 is 28.1 Å². The normalized spacial score (nSPS) is 10.7. The van der Waals surface area contributed by atoms with Crippen molar-refractivity contribution in [2.24, 2.45) is 0 Å². The number of aromatic nitrogens is 1. The number of anilines is 2. The minimum atomic E-state index is 0.479. The van der Waals surface area contributed by atoms with Gasteiger partial charge in [-0.3, -0.25) is 5.41 Å². The zero-order chi connectivity index (χ0) is 17.8. The lowest BCUT2D eigenvalue weighted by molar-refractivity contribution is 0.867. The highest BCUT2D eigenvalue weighted by Gasteiger charge is 2.13. The van der Waals surface area contributed by atoms with E-state index in [4.69, 9.17) is 10.4 Å². The maximum atomic E-state index is 8.61. The molecule has 0 radical (unpaired) electrons. The van der Waals surface area contributed by atoms with Crippen LogP contribution in [0.5, 0.6) is 0 Å². The van der Waals surface area contributed by atoms with E-state index in [-0.39, 0.29) is 0 Å². The Labute approximate surface area is 149 Å². The molecule has 2 N–H and O–H groups in total. The second kappa shape index (κ2) is 7.34. The van der Waals surface area contributed by atoms with E-state index < -0.39 is 0 Å².